The van der Waals surface area contributed by atoms with Crippen molar-refractivity contribution in [3.63, 3.8) is 0 Å². The summed E-state index contributed by atoms with van der Waals surface area (Å²) in [7, 11) is 0. The highest BCUT2D eigenvalue weighted by atomic mass is 35.5. The van der Waals surface area contributed by atoms with E-state index in [0.29, 0.717) is 16.4 Å². The molecule has 166 valence electrons. The van der Waals surface area contributed by atoms with E-state index in [0.717, 1.165) is 5.69 Å². The Morgan fingerprint density at radius 1 is 1.22 bits per heavy atom. The third-order valence-electron chi connectivity index (χ3n) is 5.45. The molecule has 3 amide bonds. The normalized spacial score (nSPS) is 19.3. The maximum absolute atomic E-state index is 14.7. The fourth-order valence-electron chi connectivity index (χ4n) is 3.55. The van der Waals surface area contributed by atoms with E-state index in [4.69, 9.17) is 11.6 Å². The molecule has 10 heteroatoms. The average Bonchev–Trinajstić information content (AvgIpc) is 3.31. The number of hydrogen-bond acceptors (Lipinski definition) is 4. The minimum absolute atomic E-state index is 0.0357. The van der Waals surface area contributed by atoms with Gasteiger partial charge in [-0.2, -0.15) is 5.10 Å². The van der Waals surface area contributed by atoms with Gasteiger partial charge in [-0.1, -0.05) is 11.6 Å². The highest BCUT2D eigenvalue weighted by molar-refractivity contribution is 6.30. The summed E-state index contributed by atoms with van der Waals surface area (Å²) in [6.07, 6.45) is 1.84. The van der Waals surface area contributed by atoms with Gasteiger partial charge in [0.1, 0.15) is 11.4 Å². The zero-order chi connectivity index (χ0) is 22.9. The van der Waals surface area contributed by atoms with E-state index in [-0.39, 0.29) is 18.7 Å². The molecule has 0 unspecified atom stereocenters. The largest absolute Gasteiger partial charge is 0.396 e. The molecule has 1 aliphatic carbocycles. The Hall–Kier alpha value is -3.43. The molecule has 0 bridgehead atoms. The third-order valence-corrected chi connectivity index (χ3v) is 5.70. The van der Waals surface area contributed by atoms with E-state index in [9.17, 15) is 19.1 Å². The van der Waals surface area contributed by atoms with Crippen molar-refractivity contribution < 1.29 is 19.1 Å². The van der Waals surface area contributed by atoms with Crippen LogP contribution in [0.15, 0.2) is 54.7 Å². The van der Waals surface area contributed by atoms with Crippen LogP contribution in [0.25, 0.3) is 5.69 Å². The van der Waals surface area contributed by atoms with Crippen molar-refractivity contribution in [1.82, 2.24) is 15.1 Å². The lowest BCUT2D eigenvalue weighted by Crippen LogP contribution is -2.49. The van der Waals surface area contributed by atoms with Crippen molar-refractivity contribution in [2.45, 2.75) is 18.9 Å². The number of amides is 3. The van der Waals surface area contributed by atoms with E-state index in [2.05, 4.69) is 21.0 Å². The summed E-state index contributed by atoms with van der Waals surface area (Å²) in [5, 5.41) is 22.0. The van der Waals surface area contributed by atoms with Gasteiger partial charge < -0.3 is 21.1 Å². The summed E-state index contributed by atoms with van der Waals surface area (Å²) in [6, 6.07) is 12.0. The first kappa shape index (κ1) is 21.8. The van der Waals surface area contributed by atoms with Crippen LogP contribution >= 0.6 is 11.6 Å². The van der Waals surface area contributed by atoms with Gasteiger partial charge in [0.2, 0.25) is 0 Å². The van der Waals surface area contributed by atoms with Gasteiger partial charge >= 0.3 is 6.03 Å². The minimum atomic E-state index is -1.34. The molecule has 2 atom stereocenters. The number of aliphatic hydroxyl groups is 1. The predicted molar refractivity (Wildman–Crippen MR) is 118 cm³/mol. The Kier molecular flexibility index (Phi) is 5.86. The molecule has 1 aromatic heterocycles. The van der Waals surface area contributed by atoms with Crippen LogP contribution in [0.5, 0.6) is 0 Å². The van der Waals surface area contributed by atoms with E-state index >= 15 is 0 Å². The number of aryl methyl sites for hydroxylation is 1. The van der Waals surface area contributed by atoms with Gasteiger partial charge in [-0.25, -0.2) is 13.9 Å². The summed E-state index contributed by atoms with van der Waals surface area (Å²) in [6.45, 7) is 1.54. The lowest BCUT2D eigenvalue weighted by atomic mass is 10.1. The zero-order valence-electron chi connectivity index (χ0n) is 17.1. The fourth-order valence-corrected chi connectivity index (χ4v) is 3.67. The Morgan fingerprint density at radius 2 is 1.97 bits per heavy atom. The number of urea groups is 1. The van der Waals surface area contributed by atoms with Crippen molar-refractivity contribution in [2.75, 3.05) is 17.2 Å². The number of aliphatic hydroxyl groups excluding tert-OH is 1. The van der Waals surface area contributed by atoms with Crippen LogP contribution in [-0.2, 0) is 4.79 Å². The van der Waals surface area contributed by atoms with Gasteiger partial charge in [-0.15, -0.1) is 0 Å². The lowest BCUT2D eigenvalue weighted by molar-refractivity contribution is -0.119. The quantitative estimate of drug-likeness (QED) is 0.454. The van der Waals surface area contributed by atoms with Gasteiger partial charge in [0.15, 0.2) is 0 Å². The van der Waals surface area contributed by atoms with Crippen molar-refractivity contribution in [1.29, 1.82) is 0 Å². The highest BCUT2D eigenvalue weighted by Gasteiger charge is 2.61. The number of halogens is 2. The van der Waals surface area contributed by atoms with Gasteiger partial charge in [0.05, 0.1) is 11.4 Å². The Labute approximate surface area is 188 Å². The first-order valence-corrected chi connectivity index (χ1v) is 10.3. The summed E-state index contributed by atoms with van der Waals surface area (Å²) in [5.41, 5.74) is 0.456. The summed E-state index contributed by atoms with van der Waals surface area (Å²) >= 11 is 5.84. The molecular weight excluding hydrogens is 437 g/mol. The van der Waals surface area contributed by atoms with E-state index in [1.54, 1.807) is 47.3 Å². The number of benzene rings is 2. The maximum atomic E-state index is 14.7. The van der Waals surface area contributed by atoms with Crippen molar-refractivity contribution in [2.24, 2.45) is 5.92 Å². The summed E-state index contributed by atoms with van der Waals surface area (Å²) < 4.78 is 16.3. The number of hydrogen-bond donors (Lipinski definition) is 4. The van der Waals surface area contributed by atoms with Crippen LogP contribution in [0.1, 0.15) is 12.1 Å². The zero-order valence-corrected chi connectivity index (χ0v) is 17.9. The number of carbonyl (C=O) groups excluding carboxylic acids is 2. The molecule has 1 saturated carbocycles. The van der Waals surface area contributed by atoms with Gasteiger partial charge in [-0.3, -0.25) is 4.79 Å². The molecule has 1 aliphatic rings. The number of carbonyl (C=O) groups is 2. The van der Waals surface area contributed by atoms with Crippen LogP contribution < -0.4 is 16.0 Å². The van der Waals surface area contributed by atoms with Crippen LogP contribution in [0.3, 0.4) is 0 Å². The monoisotopic (exact) mass is 457 g/mol. The number of aromatic nitrogens is 2. The van der Waals surface area contributed by atoms with Crippen LogP contribution in [-0.4, -0.2) is 39.0 Å². The first-order valence-electron chi connectivity index (χ1n) is 9.90. The Morgan fingerprint density at radius 3 is 2.56 bits per heavy atom. The Balaban J connectivity index is 1.47. The van der Waals surface area contributed by atoms with E-state index in [1.165, 1.54) is 12.1 Å². The molecular formula is C22H21ClFN5O3. The second-order valence-electron chi connectivity index (χ2n) is 7.64. The molecule has 8 nitrogen and oxygen atoms in total. The minimum Gasteiger partial charge on any atom is -0.396 e. The van der Waals surface area contributed by atoms with Crippen LogP contribution in [0.4, 0.5) is 20.6 Å². The van der Waals surface area contributed by atoms with Gasteiger partial charge in [-0.05, 0) is 55.8 Å². The van der Waals surface area contributed by atoms with Gasteiger partial charge in [0.25, 0.3) is 5.91 Å². The fraction of sp³-hybridized carbons (Fsp3) is 0.227. The predicted octanol–water partition coefficient (Wildman–Crippen LogP) is 3.48. The number of anilines is 2. The van der Waals surface area contributed by atoms with E-state index < -0.39 is 29.2 Å². The number of nitrogens with one attached hydrogen (secondary N) is 3. The first-order chi connectivity index (χ1) is 15.3. The topological polar surface area (TPSA) is 108 Å². The van der Waals surface area contributed by atoms with Crippen LogP contribution in [0.2, 0.25) is 5.02 Å². The second-order valence-corrected chi connectivity index (χ2v) is 8.08. The molecule has 3 aromatic rings. The summed E-state index contributed by atoms with van der Waals surface area (Å²) in [4.78, 5) is 25.4. The molecule has 2 aromatic carbocycles. The lowest BCUT2D eigenvalue weighted by Gasteiger charge is -2.20. The molecule has 0 saturated heterocycles. The van der Waals surface area contributed by atoms with E-state index in [1.807, 2.05) is 6.92 Å². The van der Waals surface area contributed by atoms with Gasteiger partial charge in [0, 0.05) is 41.2 Å². The molecule has 1 heterocycles. The average molecular weight is 458 g/mol. The number of rotatable bonds is 6. The smallest absolute Gasteiger partial charge is 0.320 e. The summed E-state index contributed by atoms with van der Waals surface area (Å²) in [5.74, 6) is -1.73. The van der Waals surface area contributed by atoms with Crippen molar-refractivity contribution in [3.05, 3.63) is 71.3 Å². The SMILES string of the molecule is Cc1ccnn1-c1ccc(NC(=O)[C@@]2(NC(=O)Nc3ccc(Cl)cc3)C[C@@H]2CO)c(F)c1. The highest BCUT2D eigenvalue weighted by Crippen LogP contribution is 2.44. The Bertz CT molecular complexity index is 1170. The second kappa shape index (κ2) is 8.60. The van der Waals surface area contributed by atoms with Crippen molar-refractivity contribution >= 4 is 34.9 Å². The number of nitrogens with zero attached hydrogens (tertiary/aromatic N) is 2. The molecule has 0 aliphatic heterocycles. The van der Waals surface area contributed by atoms with Crippen molar-refractivity contribution in [3.8, 4) is 5.69 Å². The maximum Gasteiger partial charge on any atom is 0.320 e. The molecule has 0 radical (unpaired) electrons. The van der Waals surface area contributed by atoms with Crippen LogP contribution in [0, 0.1) is 18.7 Å². The molecule has 4 rings (SSSR count). The standard InChI is InChI=1S/C22H21ClFN5O3/c1-13-8-9-25-29(13)17-6-7-19(18(24)10-17)27-20(31)22(11-14(22)12-30)28-21(32)26-16-4-2-15(23)3-5-16/h2-10,14,30H,11-12H2,1H3,(H,27,31)(H2,26,28,32)/t14-,22-/m1/s1. The molecule has 4 N–H and O–H groups in total. The third kappa shape index (κ3) is 4.30. The molecule has 0 spiro atoms. The molecule has 32 heavy (non-hydrogen) atoms. The molecule has 1 fully saturated rings.